The molecular formula is C14H15N5O3. The number of ketones is 1. The van der Waals surface area contributed by atoms with Gasteiger partial charge in [0.05, 0.1) is 11.5 Å². The maximum atomic E-state index is 11.3. The summed E-state index contributed by atoms with van der Waals surface area (Å²) in [5.41, 5.74) is 0.569. The summed E-state index contributed by atoms with van der Waals surface area (Å²) >= 11 is 0. The van der Waals surface area contributed by atoms with Crippen molar-refractivity contribution < 1.29 is 9.72 Å². The van der Waals surface area contributed by atoms with E-state index in [0.29, 0.717) is 17.8 Å². The number of nitrogens with one attached hydrogen (secondary N) is 1. The minimum absolute atomic E-state index is 0.117. The Kier molecular flexibility index (Phi) is 3.58. The molecule has 1 aliphatic rings. The van der Waals surface area contributed by atoms with E-state index in [4.69, 9.17) is 0 Å². The number of carbonyl (C=O) groups excluding carboxylic acids is 1. The van der Waals surface area contributed by atoms with Crippen LogP contribution in [0.2, 0.25) is 0 Å². The van der Waals surface area contributed by atoms with Gasteiger partial charge >= 0.3 is 0 Å². The van der Waals surface area contributed by atoms with E-state index < -0.39 is 4.92 Å². The number of hydrogen-bond donors (Lipinski definition) is 1. The minimum Gasteiger partial charge on any atom is -0.372 e. The molecule has 0 bridgehead atoms. The normalized spacial score (nSPS) is 13.0. The van der Waals surface area contributed by atoms with Gasteiger partial charge in [0.15, 0.2) is 11.6 Å². The van der Waals surface area contributed by atoms with Gasteiger partial charge in [-0.15, -0.1) is 10.2 Å². The standard InChI is InChI=1S/C14H15N5O3/c1-9(20)10-4-5-11(12(7-10)19(21)22)15-8-14-17-16-13-3-2-6-18(13)14/h4-5,7,15H,2-3,6,8H2,1H3. The fourth-order valence-corrected chi connectivity index (χ4v) is 2.57. The van der Waals surface area contributed by atoms with Crippen LogP contribution in [-0.2, 0) is 19.5 Å². The van der Waals surface area contributed by atoms with Crippen molar-refractivity contribution in [1.29, 1.82) is 0 Å². The molecule has 0 saturated heterocycles. The molecule has 2 heterocycles. The van der Waals surface area contributed by atoms with E-state index in [-0.39, 0.29) is 11.5 Å². The highest BCUT2D eigenvalue weighted by molar-refractivity contribution is 5.95. The SMILES string of the molecule is CC(=O)c1ccc(NCc2nnc3n2CCC3)c([N+](=O)[O-])c1. The first-order chi connectivity index (χ1) is 10.6. The molecule has 1 aromatic carbocycles. The number of benzene rings is 1. The van der Waals surface area contributed by atoms with Gasteiger partial charge in [0.2, 0.25) is 0 Å². The Hall–Kier alpha value is -2.77. The molecule has 2 aromatic rings. The molecule has 3 rings (SSSR count). The first kappa shape index (κ1) is 14.2. The second-order valence-corrected chi connectivity index (χ2v) is 5.19. The van der Waals surface area contributed by atoms with Gasteiger partial charge in [-0.3, -0.25) is 14.9 Å². The summed E-state index contributed by atoms with van der Waals surface area (Å²) in [5.74, 6) is 1.51. The third kappa shape index (κ3) is 2.54. The molecular weight excluding hydrogens is 286 g/mol. The number of nitro groups is 1. The lowest BCUT2D eigenvalue weighted by atomic mass is 10.1. The summed E-state index contributed by atoms with van der Waals surface area (Å²) < 4.78 is 2.03. The Morgan fingerprint density at radius 3 is 3.00 bits per heavy atom. The highest BCUT2D eigenvalue weighted by Crippen LogP contribution is 2.26. The van der Waals surface area contributed by atoms with Crippen LogP contribution in [0.5, 0.6) is 0 Å². The summed E-state index contributed by atoms with van der Waals surface area (Å²) in [7, 11) is 0. The second-order valence-electron chi connectivity index (χ2n) is 5.19. The Morgan fingerprint density at radius 1 is 1.45 bits per heavy atom. The number of carbonyl (C=O) groups is 1. The van der Waals surface area contributed by atoms with Gasteiger partial charge in [-0.05, 0) is 25.5 Å². The van der Waals surface area contributed by atoms with Crippen LogP contribution in [0.4, 0.5) is 11.4 Å². The molecule has 1 N–H and O–H groups in total. The van der Waals surface area contributed by atoms with E-state index in [1.807, 2.05) is 4.57 Å². The van der Waals surface area contributed by atoms with Crippen molar-refractivity contribution >= 4 is 17.2 Å². The fourth-order valence-electron chi connectivity index (χ4n) is 2.57. The number of Topliss-reactive ketones (excluding diaryl/α,β-unsaturated/α-hetero) is 1. The molecule has 0 spiro atoms. The zero-order valence-corrected chi connectivity index (χ0v) is 12.1. The summed E-state index contributed by atoms with van der Waals surface area (Å²) in [5, 5.41) is 22.4. The third-order valence-electron chi connectivity index (χ3n) is 3.72. The van der Waals surface area contributed by atoms with E-state index in [0.717, 1.165) is 31.0 Å². The second kappa shape index (κ2) is 5.55. The average Bonchev–Trinajstić information content (AvgIpc) is 3.08. The molecule has 0 saturated carbocycles. The van der Waals surface area contributed by atoms with Crippen molar-refractivity contribution in [3.8, 4) is 0 Å². The molecule has 1 aliphatic heterocycles. The summed E-state index contributed by atoms with van der Waals surface area (Å²) in [6.07, 6.45) is 1.96. The number of rotatable bonds is 5. The number of aryl methyl sites for hydroxylation is 1. The minimum atomic E-state index is -0.497. The molecule has 0 aliphatic carbocycles. The third-order valence-corrected chi connectivity index (χ3v) is 3.72. The molecule has 0 radical (unpaired) electrons. The van der Waals surface area contributed by atoms with E-state index in [1.165, 1.54) is 13.0 Å². The number of fused-ring (bicyclic) bond motifs is 1. The first-order valence-electron chi connectivity index (χ1n) is 7.00. The zero-order chi connectivity index (χ0) is 15.7. The van der Waals surface area contributed by atoms with Crippen molar-refractivity contribution in [2.24, 2.45) is 0 Å². The quantitative estimate of drug-likeness (QED) is 0.514. The van der Waals surface area contributed by atoms with Crippen molar-refractivity contribution in [3.05, 3.63) is 45.5 Å². The zero-order valence-electron chi connectivity index (χ0n) is 12.1. The molecule has 114 valence electrons. The molecule has 22 heavy (non-hydrogen) atoms. The van der Waals surface area contributed by atoms with E-state index in [9.17, 15) is 14.9 Å². The molecule has 8 heteroatoms. The lowest BCUT2D eigenvalue weighted by Crippen LogP contribution is -2.09. The molecule has 8 nitrogen and oxygen atoms in total. The van der Waals surface area contributed by atoms with Gasteiger partial charge in [0.25, 0.3) is 5.69 Å². The largest absolute Gasteiger partial charge is 0.372 e. The fraction of sp³-hybridized carbons (Fsp3) is 0.357. The molecule has 0 atom stereocenters. The summed E-state index contributed by atoms with van der Waals surface area (Å²) in [6.45, 7) is 2.61. The monoisotopic (exact) mass is 301 g/mol. The molecule has 1 aromatic heterocycles. The predicted octanol–water partition coefficient (Wildman–Crippen LogP) is 1.95. The number of aromatic nitrogens is 3. The number of nitrogens with zero attached hydrogens (tertiary/aromatic N) is 4. The van der Waals surface area contributed by atoms with Crippen LogP contribution in [0.1, 0.15) is 35.4 Å². The molecule has 0 amide bonds. The predicted molar refractivity (Wildman–Crippen MR) is 78.8 cm³/mol. The highest BCUT2D eigenvalue weighted by atomic mass is 16.6. The van der Waals surface area contributed by atoms with E-state index in [2.05, 4.69) is 15.5 Å². The summed E-state index contributed by atoms with van der Waals surface area (Å²) in [4.78, 5) is 22.0. The smallest absolute Gasteiger partial charge is 0.293 e. The van der Waals surface area contributed by atoms with Crippen molar-refractivity contribution in [3.63, 3.8) is 0 Å². The van der Waals surface area contributed by atoms with Crippen molar-refractivity contribution in [1.82, 2.24) is 14.8 Å². The lowest BCUT2D eigenvalue weighted by molar-refractivity contribution is -0.384. The number of nitro benzene ring substituents is 1. The van der Waals surface area contributed by atoms with Gasteiger partial charge in [-0.25, -0.2) is 0 Å². The lowest BCUT2D eigenvalue weighted by Gasteiger charge is -2.08. The van der Waals surface area contributed by atoms with Crippen LogP contribution in [0.25, 0.3) is 0 Å². The maximum Gasteiger partial charge on any atom is 0.293 e. The van der Waals surface area contributed by atoms with E-state index in [1.54, 1.807) is 12.1 Å². The van der Waals surface area contributed by atoms with Crippen LogP contribution >= 0.6 is 0 Å². The molecule has 0 fully saturated rings. The van der Waals surface area contributed by atoms with Gasteiger partial charge < -0.3 is 9.88 Å². The topological polar surface area (TPSA) is 103 Å². The van der Waals surface area contributed by atoms with Crippen LogP contribution in [-0.4, -0.2) is 25.5 Å². The maximum absolute atomic E-state index is 11.3. The van der Waals surface area contributed by atoms with Crippen LogP contribution in [0.3, 0.4) is 0 Å². The van der Waals surface area contributed by atoms with Crippen LogP contribution in [0, 0.1) is 10.1 Å². The Labute approximate surface area is 126 Å². The van der Waals surface area contributed by atoms with Crippen molar-refractivity contribution in [2.75, 3.05) is 5.32 Å². The van der Waals surface area contributed by atoms with Gasteiger partial charge in [0, 0.05) is 24.6 Å². The number of hydrogen-bond acceptors (Lipinski definition) is 6. The van der Waals surface area contributed by atoms with Gasteiger partial charge in [0.1, 0.15) is 11.5 Å². The van der Waals surface area contributed by atoms with Crippen LogP contribution < -0.4 is 5.32 Å². The van der Waals surface area contributed by atoms with Crippen LogP contribution in [0.15, 0.2) is 18.2 Å². The Bertz CT molecular complexity index is 753. The Morgan fingerprint density at radius 2 is 2.27 bits per heavy atom. The first-order valence-corrected chi connectivity index (χ1v) is 7.00. The number of anilines is 1. The highest BCUT2D eigenvalue weighted by Gasteiger charge is 2.19. The van der Waals surface area contributed by atoms with Gasteiger partial charge in [-0.1, -0.05) is 0 Å². The van der Waals surface area contributed by atoms with Gasteiger partial charge in [-0.2, -0.15) is 0 Å². The average molecular weight is 301 g/mol. The van der Waals surface area contributed by atoms with E-state index >= 15 is 0 Å². The van der Waals surface area contributed by atoms with Crippen molar-refractivity contribution in [2.45, 2.75) is 32.9 Å². The Balaban J connectivity index is 1.82. The summed E-state index contributed by atoms with van der Waals surface area (Å²) in [6, 6.07) is 4.42. The molecule has 0 unspecified atom stereocenters.